The van der Waals surface area contributed by atoms with Gasteiger partial charge in [0.15, 0.2) is 0 Å². The molecule has 0 bridgehead atoms. The average Bonchev–Trinajstić information content (AvgIpc) is 2.42. The highest BCUT2D eigenvalue weighted by atomic mass is 19.4. The molecule has 0 amide bonds. The molecule has 0 aliphatic carbocycles. The molecule has 1 aromatic rings. The van der Waals surface area contributed by atoms with E-state index in [2.05, 4.69) is 15.7 Å². The van der Waals surface area contributed by atoms with Gasteiger partial charge in [0.1, 0.15) is 5.82 Å². The van der Waals surface area contributed by atoms with Crippen LogP contribution in [0.25, 0.3) is 0 Å². The van der Waals surface area contributed by atoms with Crippen LogP contribution < -0.4 is 10.6 Å². The van der Waals surface area contributed by atoms with Gasteiger partial charge in [-0.2, -0.15) is 18.3 Å². The van der Waals surface area contributed by atoms with Gasteiger partial charge in [0.25, 0.3) is 0 Å². The maximum atomic E-state index is 11.8. The van der Waals surface area contributed by atoms with Crippen molar-refractivity contribution in [2.75, 3.05) is 25.0 Å². The van der Waals surface area contributed by atoms with E-state index < -0.39 is 12.7 Å². The molecule has 0 saturated carbocycles. The summed E-state index contributed by atoms with van der Waals surface area (Å²) in [4.78, 5) is 0. The zero-order chi connectivity index (χ0) is 12.2. The molecule has 92 valence electrons. The monoisotopic (exact) mass is 236 g/mol. The topological polar surface area (TPSA) is 41.9 Å². The molecule has 0 spiro atoms. The number of aryl methyl sites for hydroxylation is 2. The van der Waals surface area contributed by atoms with Crippen LogP contribution in [-0.2, 0) is 7.05 Å². The third-order valence-electron chi connectivity index (χ3n) is 1.94. The number of nitrogens with zero attached hydrogens (tertiary/aromatic N) is 2. The highest BCUT2D eigenvalue weighted by Crippen LogP contribution is 2.12. The number of halogens is 3. The Balaban J connectivity index is 2.19. The van der Waals surface area contributed by atoms with Crippen LogP contribution in [0.15, 0.2) is 6.07 Å². The molecule has 1 rings (SSSR count). The second-order valence-corrected chi connectivity index (χ2v) is 3.51. The number of rotatable bonds is 5. The lowest BCUT2D eigenvalue weighted by atomic mass is 10.4. The van der Waals surface area contributed by atoms with Gasteiger partial charge in [0.05, 0.1) is 12.2 Å². The first kappa shape index (κ1) is 12.8. The molecule has 0 aliphatic heterocycles. The van der Waals surface area contributed by atoms with E-state index in [1.165, 1.54) is 0 Å². The number of hydrogen-bond donors (Lipinski definition) is 2. The van der Waals surface area contributed by atoms with Crippen molar-refractivity contribution >= 4 is 5.82 Å². The van der Waals surface area contributed by atoms with Crippen molar-refractivity contribution in [3.05, 3.63) is 11.8 Å². The van der Waals surface area contributed by atoms with Crippen molar-refractivity contribution in [1.29, 1.82) is 0 Å². The van der Waals surface area contributed by atoms with Crippen LogP contribution in [0, 0.1) is 6.92 Å². The summed E-state index contributed by atoms with van der Waals surface area (Å²) in [6.45, 7) is 1.57. The normalized spacial score (nSPS) is 11.8. The van der Waals surface area contributed by atoms with Crippen molar-refractivity contribution in [2.24, 2.45) is 7.05 Å². The molecule has 0 fully saturated rings. The van der Waals surface area contributed by atoms with Crippen LogP contribution in [0.5, 0.6) is 0 Å². The predicted molar refractivity (Wildman–Crippen MR) is 55.4 cm³/mol. The minimum absolute atomic E-state index is 0.254. The molecule has 4 nitrogen and oxygen atoms in total. The molecule has 16 heavy (non-hydrogen) atoms. The van der Waals surface area contributed by atoms with Crippen LogP contribution in [0.2, 0.25) is 0 Å². The van der Waals surface area contributed by atoms with Gasteiger partial charge in [-0.1, -0.05) is 0 Å². The summed E-state index contributed by atoms with van der Waals surface area (Å²) in [7, 11) is 1.78. The second kappa shape index (κ2) is 5.20. The minimum Gasteiger partial charge on any atom is -0.369 e. The Bertz CT molecular complexity index is 332. The molecule has 0 unspecified atom stereocenters. The summed E-state index contributed by atoms with van der Waals surface area (Å²) in [6, 6.07) is 1.84. The Morgan fingerprint density at radius 3 is 2.56 bits per heavy atom. The standard InChI is InChI=1S/C9H15F3N4/c1-7-5-8(16(2)15-7)14-4-3-13-6-9(10,11)12/h5,13-14H,3-4,6H2,1-2H3. The Kier molecular flexibility index (Phi) is 4.17. The van der Waals surface area contributed by atoms with E-state index in [4.69, 9.17) is 0 Å². The maximum absolute atomic E-state index is 11.8. The van der Waals surface area contributed by atoms with Gasteiger partial charge in [0.2, 0.25) is 0 Å². The number of anilines is 1. The lowest BCUT2D eigenvalue weighted by Gasteiger charge is -2.09. The average molecular weight is 236 g/mol. The Hall–Kier alpha value is -1.24. The van der Waals surface area contributed by atoms with E-state index in [0.29, 0.717) is 6.54 Å². The van der Waals surface area contributed by atoms with Gasteiger partial charge in [0, 0.05) is 26.2 Å². The fourth-order valence-corrected chi connectivity index (χ4v) is 1.29. The van der Waals surface area contributed by atoms with Gasteiger partial charge in [-0.25, -0.2) is 0 Å². The van der Waals surface area contributed by atoms with Crippen molar-refractivity contribution in [2.45, 2.75) is 13.1 Å². The van der Waals surface area contributed by atoms with Gasteiger partial charge in [-0.05, 0) is 6.92 Å². The summed E-state index contributed by atoms with van der Waals surface area (Å²) >= 11 is 0. The smallest absolute Gasteiger partial charge is 0.369 e. The van der Waals surface area contributed by atoms with E-state index in [1.807, 2.05) is 13.0 Å². The molecule has 1 aromatic heterocycles. The summed E-state index contributed by atoms with van der Waals surface area (Å²) in [5, 5.41) is 9.40. The van der Waals surface area contributed by atoms with Gasteiger partial charge >= 0.3 is 6.18 Å². The molecule has 0 aliphatic rings. The van der Waals surface area contributed by atoms with Crippen LogP contribution >= 0.6 is 0 Å². The maximum Gasteiger partial charge on any atom is 0.401 e. The molecule has 0 radical (unpaired) electrons. The van der Waals surface area contributed by atoms with Crippen LogP contribution in [-0.4, -0.2) is 35.6 Å². The minimum atomic E-state index is -4.15. The molecule has 7 heteroatoms. The zero-order valence-electron chi connectivity index (χ0n) is 9.23. The molecular formula is C9H15F3N4. The van der Waals surface area contributed by atoms with Crippen LogP contribution in [0.1, 0.15) is 5.69 Å². The number of nitrogens with one attached hydrogen (secondary N) is 2. The number of alkyl halides is 3. The van der Waals surface area contributed by atoms with E-state index in [1.54, 1.807) is 11.7 Å². The zero-order valence-corrected chi connectivity index (χ0v) is 9.23. The first-order valence-corrected chi connectivity index (χ1v) is 4.90. The van der Waals surface area contributed by atoms with Crippen LogP contribution in [0.4, 0.5) is 19.0 Å². The molecule has 1 heterocycles. The van der Waals surface area contributed by atoms with Crippen molar-refractivity contribution in [1.82, 2.24) is 15.1 Å². The van der Waals surface area contributed by atoms with Crippen molar-refractivity contribution in [3.63, 3.8) is 0 Å². The van der Waals surface area contributed by atoms with Crippen molar-refractivity contribution in [3.8, 4) is 0 Å². The fraction of sp³-hybridized carbons (Fsp3) is 0.667. The van der Waals surface area contributed by atoms with E-state index >= 15 is 0 Å². The van der Waals surface area contributed by atoms with Crippen molar-refractivity contribution < 1.29 is 13.2 Å². The van der Waals surface area contributed by atoms with Gasteiger partial charge < -0.3 is 10.6 Å². The predicted octanol–water partition coefficient (Wildman–Crippen LogP) is 1.29. The second-order valence-electron chi connectivity index (χ2n) is 3.51. The highest BCUT2D eigenvalue weighted by Gasteiger charge is 2.25. The quantitative estimate of drug-likeness (QED) is 0.757. The fourth-order valence-electron chi connectivity index (χ4n) is 1.29. The summed E-state index contributed by atoms with van der Waals surface area (Å²) < 4.78 is 37.0. The third-order valence-corrected chi connectivity index (χ3v) is 1.94. The first-order valence-electron chi connectivity index (χ1n) is 4.90. The van der Waals surface area contributed by atoms with E-state index in [-0.39, 0.29) is 6.54 Å². The summed E-state index contributed by atoms with van der Waals surface area (Å²) in [5.74, 6) is 0.798. The van der Waals surface area contributed by atoms with E-state index in [9.17, 15) is 13.2 Å². The molecule has 0 atom stereocenters. The Morgan fingerprint density at radius 2 is 2.06 bits per heavy atom. The lowest BCUT2D eigenvalue weighted by molar-refractivity contribution is -0.124. The molecular weight excluding hydrogens is 221 g/mol. The van der Waals surface area contributed by atoms with Crippen LogP contribution in [0.3, 0.4) is 0 Å². The first-order chi connectivity index (χ1) is 7.38. The molecule has 0 saturated heterocycles. The Morgan fingerprint density at radius 1 is 1.38 bits per heavy atom. The van der Waals surface area contributed by atoms with E-state index in [0.717, 1.165) is 11.5 Å². The Labute approximate surface area is 91.8 Å². The van der Waals surface area contributed by atoms with Gasteiger partial charge in [-0.15, -0.1) is 0 Å². The SMILES string of the molecule is Cc1cc(NCCNCC(F)(F)F)n(C)n1. The van der Waals surface area contributed by atoms with Gasteiger partial charge in [-0.3, -0.25) is 4.68 Å². The number of aromatic nitrogens is 2. The highest BCUT2D eigenvalue weighted by molar-refractivity contribution is 5.36. The summed E-state index contributed by atoms with van der Waals surface area (Å²) in [5.41, 5.74) is 0.869. The summed E-state index contributed by atoms with van der Waals surface area (Å²) in [6.07, 6.45) is -4.15. The lowest BCUT2D eigenvalue weighted by Crippen LogP contribution is -2.32. The molecule has 0 aromatic carbocycles. The largest absolute Gasteiger partial charge is 0.401 e. The number of hydrogen-bond acceptors (Lipinski definition) is 3. The third kappa shape index (κ3) is 4.52. The molecule has 2 N–H and O–H groups in total.